The highest BCUT2D eigenvalue weighted by Gasteiger charge is 2.69. The molecular weight excluding hydrogens is 140 g/mol. The SMILES string of the molecule is O=C1C(=O)C2CCC1C21CC1. The number of hydrogen-bond donors (Lipinski definition) is 0. The molecule has 0 N–H and O–H groups in total. The van der Waals surface area contributed by atoms with Crippen molar-refractivity contribution in [1.29, 1.82) is 0 Å². The summed E-state index contributed by atoms with van der Waals surface area (Å²) < 4.78 is 0. The van der Waals surface area contributed by atoms with Gasteiger partial charge in [0.15, 0.2) is 0 Å². The Hall–Kier alpha value is -0.660. The first kappa shape index (κ1) is 5.92. The van der Waals surface area contributed by atoms with Gasteiger partial charge in [-0.15, -0.1) is 0 Å². The van der Waals surface area contributed by atoms with E-state index in [-0.39, 0.29) is 28.8 Å². The van der Waals surface area contributed by atoms with E-state index < -0.39 is 0 Å². The lowest BCUT2D eigenvalue weighted by Crippen LogP contribution is -2.20. The van der Waals surface area contributed by atoms with Gasteiger partial charge >= 0.3 is 0 Å². The second-order valence-corrected chi connectivity index (χ2v) is 4.14. The zero-order chi connectivity index (χ0) is 7.64. The normalized spacial score (nSPS) is 44.0. The van der Waals surface area contributed by atoms with Crippen LogP contribution in [0.2, 0.25) is 0 Å². The fraction of sp³-hybridized carbons (Fsp3) is 0.778. The molecule has 0 heterocycles. The molecule has 58 valence electrons. The van der Waals surface area contributed by atoms with E-state index in [0.717, 1.165) is 25.7 Å². The molecule has 1 spiro atoms. The molecule has 2 unspecified atom stereocenters. The molecule has 2 nitrogen and oxygen atoms in total. The smallest absolute Gasteiger partial charge is 0.202 e. The molecule has 0 radical (unpaired) electrons. The maximum atomic E-state index is 11.3. The minimum atomic E-state index is -0.0428. The largest absolute Gasteiger partial charge is 0.291 e. The van der Waals surface area contributed by atoms with Crippen LogP contribution in [0.4, 0.5) is 0 Å². The van der Waals surface area contributed by atoms with E-state index in [9.17, 15) is 9.59 Å². The molecule has 11 heavy (non-hydrogen) atoms. The summed E-state index contributed by atoms with van der Waals surface area (Å²) in [5.41, 5.74) is 0.216. The highest BCUT2D eigenvalue weighted by atomic mass is 16.2. The van der Waals surface area contributed by atoms with Gasteiger partial charge in [0.1, 0.15) is 0 Å². The van der Waals surface area contributed by atoms with Crippen molar-refractivity contribution in [2.45, 2.75) is 25.7 Å². The first-order valence-electron chi connectivity index (χ1n) is 4.34. The molecule has 0 saturated heterocycles. The Balaban J connectivity index is 2.14. The van der Waals surface area contributed by atoms with Gasteiger partial charge in [-0.3, -0.25) is 9.59 Å². The number of carbonyl (C=O) groups excluding carboxylic acids is 2. The minimum Gasteiger partial charge on any atom is -0.291 e. The Bertz CT molecular complexity index is 239. The van der Waals surface area contributed by atoms with Crippen LogP contribution < -0.4 is 0 Å². The van der Waals surface area contributed by atoms with Crippen LogP contribution in [0, 0.1) is 17.3 Å². The van der Waals surface area contributed by atoms with Crippen LogP contribution in [0.3, 0.4) is 0 Å². The van der Waals surface area contributed by atoms with Gasteiger partial charge in [-0.2, -0.15) is 0 Å². The van der Waals surface area contributed by atoms with Crippen molar-refractivity contribution in [2.24, 2.45) is 17.3 Å². The molecule has 3 aliphatic carbocycles. The molecule has 2 heteroatoms. The second kappa shape index (κ2) is 1.43. The van der Waals surface area contributed by atoms with E-state index in [4.69, 9.17) is 0 Å². The number of ketones is 2. The van der Waals surface area contributed by atoms with Gasteiger partial charge < -0.3 is 0 Å². The summed E-state index contributed by atoms with van der Waals surface area (Å²) in [5, 5.41) is 0. The summed E-state index contributed by atoms with van der Waals surface area (Å²) >= 11 is 0. The van der Waals surface area contributed by atoms with E-state index in [2.05, 4.69) is 0 Å². The Morgan fingerprint density at radius 2 is 1.45 bits per heavy atom. The van der Waals surface area contributed by atoms with Crippen molar-refractivity contribution in [3.63, 3.8) is 0 Å². The molecule has 2 bridgehead atoms. The summed E-state index contributed by atoms with van der Waals surface area (Å²) in [7, 11) is 0. The molecule has 2 atom stereocenters. The monoisotopic (exact) mass is 150 g/mol. The maximum Gasteiger partial charge on any atom is 0.202 e. The van der Waals surface area contributed by atoms with Crippen LogP contribution >= 0.6 is 0 Å². The predicted octanol–water partition coefficient (Wildman–Crippen LogP) is 0.945. The Morgan fingerprint density at radius 1 is 1.00 bits per heavy atom. The second-order valence-electron chi connectivity index (χ2n) is 4.14. The van der Waals surface area contributed by atoms with Crippen LogP contribution in [0.15, 0.2) is 0 Å². The van der Waals surface area contributed by atoms with Gasteiger partial charge in [0.2, 0.25) is 11.6 Å². The average molecular weight is 150 g/mol. The summed E-state index contributed by atoms with van der Waals surface area (Å²) in [6.45, 7) is 0. The third kappa shape index (κ3) is 0.453. The standard InChI is InChI=1S/C9H10O2/c10-7-5-1-2-6(8(7)11)9(5)3-4-9/h5-6H,1-4H2. The number of Topliss-reactive ketones (excluding diaryl/α,β-unsaturated/α-hetero) is 2. The third-order valence-electron chi connectivity index (χ3n) is 3.84. The minimum absolute atomic E-state index is 0.0428. The quantitative estimate of drug-likeness (QED) is 0.482. The van der Waals surface area contributed by atoms with E-state index in [0.29, 0.717) is 0 Å². The molecule has 0 aromatic carbocycles. The number of rotatable bonds is 0. The van der Waals surface area contributed by atoms with Crippen LogP contribution in [-0.2, 0) is 9.59 Å². The van der Waals surface area contributed by atoms with Crippen LogP contribution in [0.25, 0.3) is 0 Å². The van der Waals surface area contributed by atoms with Gasteiger partial charge in [-0.1, -0.05) is 0 Å². The molecule has 3 fully saturated rings. The van der Waals surface area contributed by atoms with Crippen molar-refractivity contribution < 1.29 is 9.59 Å². The molecule has 3 aliphatic rings. The summed E-state index contributed by atoms with van der Waals surface area (Å²) in [6, 6.07) is 0. The van der Waals surface area contributed by atoms with Gasteiger partial charge in [-0.05, 0) is 31.1 Å². The molecule has 3 saturated carbocycles. The summed E-state index contributed by atoms with van der Waals surface area (Å²) in [5.74, 6) is 0.220. The fourth-order valence-corrected chi connectivity index (χ4v) is 3.12. The fourth-order valence-electron chi connectivity index (χ4n) is 3.12. The van der Waals surface area contributed by atoms with Crippen molar-refractivity contribution in [2.75, 3.05) is 0 Å². The number of hydrogen-bond acceptors (Lipinski definition) is 2. The lowest BCUT2D eigenvalue weighted by molar-refractivity contribution is -0.138. The number of carbonyl (C=O) groups is 2. The van der Waals surface area contributed by atoms with Gasteiger partial charge in [-0.25, -0.2) is 0 Å². The van der Waals surface area contributed by atoms with Crippen molar-refractivity contribution in [3.05, 3.63) is 0 Å². The zero-order valence-corrected chi connectivity index (χ0v) is 6.30. The third-order valence-corrected chi connectivity index (χ3v) is 3.84. The molecule has 0 aromatic heterocycles. The van der Waals surface area contributed by atoms with E-state index >= 15 is 0 Å². The lowest BCUT2D eigenvalue weighted by Gasteiger charge is -2.07. The molecule has 3 rings (SSSR count). The Labute approximate surface area is 65.0 Å². The molecule has 0 aromatic rings. The average Bonchev–Trinajstić information content (AvgIpc) is 2.60. The Kier molecular flexibility index (Phi) is 0.768. The van der Waals surface area contributed by atoms with Gasteiger partial charge in [0.25, 0.3) is 0 Å². The van der Waals surface area contributed by atoms with Crippen molar-refractivity contribution >= 4 is 11.6 Å². The lowest BCUT2D eigenvalue weighted by atomic mass is 9.94. The highest BCUT2D eigenvalue weighted by molar-refractivity contribution is 6.42. The van der Waals surface area contributed by atoms with Crippen molar-refractivity contribution in [1.82, 2.24) is 0 Å². The highest BCUT2D eigenvalue weighted by Crippen LogP contribution is 2.68. The topological polar surface area (TPSA) is 34.1 Å². The molecular formula is C9H10O2. The van der Waals surface area contributed by atoms with Crippen LogP contribution in [0.5, 0.6) is 0 Å². The molecule has 0 amide bonds. The summed E-state index contributed by atoms with van der Waals surface area (Å²) in [6.07, 6.45) is 4.27. The van der Waals surface area contributed by atoms with E-state index in [1.807, 2.05) is 0 Å². The van der Waals surface area contributed by atoms with Gasteiger partial charge in [0, 0.05) is 11.8 Å². The maximum absolute atomic E-state index is 11.3. The Morgan fingerprint density at radius 3 is 1.73 bits per heavy atom. The zero-order valence-electron chi connectivity index (χ0n) is 6.30. The van der Waals surface area contributed by atoms with Crippen LogP contribution in [-0.4, -0.2) is 11.6 Å². The van der Waals surface area contributed by atoms with E-state index in [1.54, 1.807) is 0 Å². The molecule has 0 aliphatic heterocycles. The van der Waals surface area contributed by atoms with Crippen LogP contribution in [0.1, 0.15) is 25.7 Å². The van der Waals surface area contributed by atoms with Crippen molar-refractivity contribution in [3.8, 4) is 0 Å². The van der Waals surface area contributed by atoms with E-state index in [1.165, 1.54) is 0 Å². The summed E-state index contributed by atoms with van der Waals surface area (Å²) in [4.78, 5) is 22.5. The van der Waals surface area contributed by atoms with Gasteiger partial charge in [0.05, 0.1) is 0 Å². The first-order valence-corrected chi connectivity index (χ1v) is 4.34. The first-order chi connectivity index (χ1) is 5.26. The predicted molar refractivity (Wildman–Crippen MR) is 37.9 cm³/mol.